The van der Waals surface area contributed by atoms with Crippen LogP contribution in [0.25, 0.3) is 0 Å². The number of amides is 4. The van der Waals surface area contributed by atoms with Gasteiger partial charge >= 0.3 is 0 Å². The summed E-state index contributed by atoms with van der Waals surface area (Å²) in [5, 5.41) is 6.28. The molecule has 12 nitrogen and oxygen atoms in total. The average Bonchev–Trinajstić information content (AvgIpc) is 3.74. The molecule has 3 rings (SSSR count). The lowest BCUT2D eigenvalue weighted by Gasteiger charge is -2.41. The molecule has 9 atom stereocenters. The standard InChI is InChI=1S/C54H87N5O7/c1-16-37(6)49(58(13)53(64)47(35(2)3)56-52(63)48(36(4)5)57(11)12)45(65-14)33-46(61)59-30-20-23-44(59)50(66-15)38(7)51(62)55-42(31-40-21-18-17-19-22-40)32-43(60)29-28-39-24-26-41(27-25-39)34-54(8,9)10/h17-19,21-22,24-27,35-38,42,44-45,47-50H,16,20,23,28-34H2,1-15H3,(H,55,62)(H,56,63)/t37-,38+,42?,44-,45+,47-,48-,49-,50+/m0/s1. The summed E-state index contributed by atoms with van der Waals surface area (Å²) < 4.78 is 12.2. The Balaban J connectivity index is 1.76. The average molecular weight is 918 g/mol. The summed E-state index contributed by atoms with van der Waals surface area (Å²) in [6.07, 6.45) is 3.63. The van der Waals surface area contributed by atoms with Crippen LogP contribution in [0, 0.1) is 29.1 Å². The highest BCUT2D eigenvalue weighted by Gasteiger charge is 2.43. The number of ether oxygens (including phenoxy) is 2. The van der Waals surface area contributed by atoms with E-state index in [1.54, 1.807) is 26.2 Å². The molecular weight excluding hydrogens is 831 g/mol. The minimum Gasteiger partial charge on any atom is -0.379 e. The molecule has 1 aliphatic heterocycles. The van der Waals surface area contributed by atoms with Gasteiger partial charge in [0.1, 0.15) is 11.8 Å². The van der Waals surface area contributed by atoms with Gasteiger partial charge in [-0.25, -0.2) is 0 Å². The summed E-state index contributed by atoms with van der Waals surface area (Å²) in [5.74, 6) is -1.52. The Bertz CT molecular complexity index is 1820. The molecule has 12 heteroatoms. The van der Waals surface area contributed by atoms with Crippen molar-refractivity contribution >= 4 is 29.4 Å². The number of nitrogens with zero attached hydrogens (tertiary/aromatic N) is 3. The first kappa shape index (κ1) is 56.2. The predicted molar refractivity (Wildman–Crippen MR) is 265 cm³/mol. The normalized spacial score (nSPS) is 18.0. The van der Waals surface area contributed by atoms with E-state index in [2.05, 4.69) is 69.5 Å². The molecule has 0 aromatic heterocycles. The molecule has 66 heavy (non-hydrogen) atoms. The van der Waals surface area contributed by atoms with Crippen molar-refractivity contribution in [1.29, 1.82) is 0 Å². The van der Waals surface area contributed by atoms with E-state index in [1.165, 1.54) is 5.56 Å². The van der Waals surface area contributed by atoms with Gasteiger partial charge in [-0.3, -0.25) is 28.9 Å². The van der Waals surface area contributed by atoms with Gasteiger partial charge in [-0.2, -0.15) is 0 Å². The second-order valence-corrected chi connectivity index (χ2v) is 21.2. The second kappa shape index (κ2) is 26.4. The topological polar surface area (TPSA) is 138 Å². The fourth-order valence-electron chi connectivity index (χ4n) is 9.91. The lowest BCUT2D eigenvalue weighted by atomic mass is 9.88. The number of aryl methyl sites for hydroxylation is 1. The van der Waals surface area contributed by atoms with Gasteiger partial charge in [-0.05, 0) is 86.1 Å². The maximum absolute atomic E-state index is 14.5. The molecule has 2 N–H and O–H groups in total. The number of nitrogens with one attached hydrogen (secondary N) is 2. The van der Waals surface area contributed by atoms with Crippen LogP contribution in [0.1, 0.15) is 124 Å². The van der Waals surface area contributed by atoms with Crippen molar-refractivity contribution < 1.29 is 33.4 Å². The molecule has 2 aromatic carbocycles. The van der Waals surface area contributed by atoms with Crippen molar-refractivity contribution in [3.63, 3.8) is 0 Å². The maximum Gasteiger partial charge on any atom is 0.245 e. The Labute approximate surface area is 398 Å². The van der Waals surface area contributed by atoms with E-state index in [1.807, 2.05) is 88.8 Å². The zero-order valence-corrected chi connectivity index (χ0v) is 43.3. The smallest absolute Gasteiger partial charge is 0.245 e. The van der Waals surface area contributed by atoms with Gasteiger partial charge in [0.15, 0.2) is 0 Å². The molecule has 4 amide bonds. The summed E-state index contributed by atoms with van der Waals surface area (Å²) in [6.45, 7) is 20.9. The summed E-state index contributed by atoms with van der Waals surface area (Å²) in [5.41, 5.74) is 3.62. The van der Waals surface area contributed by atoms with Gasteiger partial charge in [0.2, 0.25) is 23.6 Å². The number of rotatable bonds is 26. The maximum atomic E-state index is 14.5. The first-order chi connectivity index (χ1) is 31.0. The SMILES string of the molecule is CC[C@H](C)[C@@H]([C@@H](CC(=O)N1CCC[C@H]1[C@H](OC)[C@@H](C)C(=O)NC(CC(=O)CCc1ccc(CC(C)(C)C)cc1)Cc1ccccc1)OC)N(C)C(=O)[C@@H](NC(=O)[C@H](C(C)C)N(C)C)C(C)C. The highest BCUT2D eigenvalue weighted by Crippen LogP contribution is 2.30. The largest absolute Gasteiger partial charge is 0.379 e. The lowest BCUT2D eigenvalue weighted by molar-refractivity contribution is -0.148. The Kier molecular flexibility index (Phi) is 22.5. The van der Waals surface area contributed by atoms with Crippen LogP contribution < -0.4 is 10.6 Å². The minimum absolute atomic E-state index is 0.0215. The fourth-order valence-corrected chi connectivity index (χ4v) is 9.91. The fraction of sp³-hybridized carbons (Fsp3) is 0.685. The summed E-state index contributed by atoms with van der Waals surface area (Å²) >= 11 is 0. The van der Waals surface area contributed by atoms with Crippen molar-refractivity contribution in [3.8, 4) is 0 Å². The van der Waals surface area contributed by atoms with Crippen molar-refractivity contribution in [2.75, 3.05) is 41.9 Å². The van der Waals surface area contributed by atoms with Crippen LogP contribution in [0.15, 0.2) is 54.6 Å². The summed E-state index contributed by atoms with van der Waals surface area (Å²) in [4.78, 5) is 75.5. The molecule has 1 saturated heterocycles. The second-order valence-electron chi connectivity index (χ2n) is 21.2. The third kappa shape index (κ3) is 16.6. The Morgan fingerprint density at radius 1 is 0.788 bits per heavy atom. The zero-order valence-electron chi connectivity index (χ0n) is 43.3. The molecule has 1 heterocycles. The predicted octanol–water partition coefficient (Wildman–Crippen LogP) is 7.54. The highest BCUT2D eigenvalue weighted by molar-refractivity contribution is 5.90. The number of carbonyl (C=O) groups is 5. The van der Waals surface area contributed by atoms with E-state index >= 15 is 0 Å². The van der Waals surface area contributed by atoms with Gasteiger partial charge in [-0.15, -0.1) is 0 Å². The number of hydrogen-bond acceptors (Lipinski definition) is 8. The number of methoxy groups -OCH3 is 2. The van der Waals surface area contributed by atoms with Gasteiger partial charge in [0.05, 0.1) is 42.7 Å². The number of likely N-dealkylation sites (N-methyl/N-ethyl adjacent to an activating group) is 2. The minimum atomic E-state index is -0.770. The summed E-state index contributed by atoms with van der Waals surface area (Å²) in [6, 6.07) is 16.0. The quantitative estimate of drug-likeness (QED) is 0.0989. The van der Waals surface area contributed by atoms with E-state index in [0.717, 1.165) is 30.4 Å². The van der Waals surface area contributed by atoms with Crippen molar-refractivity contribution in [3.05, 3.63) is 71.3 Å². The zero-order chi connectivity index (χ0) is 49.5. The highest BCUT2D eigenvalue weighted by atomic mass is 16.5. The molecule has 0 saturated carbocycles. The van der Waals surface area contributed by atoms with Gasteiger partial charge in [0.25, 0.3) is 0 Å². The molecule has 370 valence electrons. The number of hydrogen-bond donors (Lipinski definition) is 2. The van der Waals surface area contributed by atoms with Crippen LogP contribution in [0.3, 0.4) is 0 Å². The van der Waals surface area contributed by atoms with Crippen molar-refractivity contribution in [1.82, 2.24) is 25.3 Å². The lowest BCUT2D eigenvalue weighted by Crippen LogP contribution is -2.59. The van der Waals surface area contributed by atoms with Gasteiger partial charge in [-0.1, -0.05) is 130 Å². The van der Waals surface area contributed by atoms with E-state index in [9.17, 15) is 24.0 Å². The van der Waals surface area contributed by atoms with Crippen molar-refractivity contribution in [2.45, 2.75) is 169 Å². The molecule has 1 aliphatic rings. The first-order valence-corrected chi connectivity index (χ1v) is 24.6. The van der Waals surface area contributed by atoms with E-state index in [-0.39, 0.29) is 71.5 Å². The molecule has 1 fully saturated rings. The molecule has 1 unspecified atom stereocenters. The van der Waals surface area contributed by atoms with Crippen LogP contribution >= 0.6 is 0 Å². The van der Waals surface area contributed by atoms with Crippen LogP contribution in [0.5, 0.6) is 0 Å². The van der Waals surface area contributed by atoms with E-state index in [4.69, 9.17) is 9.47 Å². The number of benzene rings is 2. The Hall–Kier alpha value is -4.13. The van der Waals surface area contributed by atoms with Gasteiger partial charge < -0.3 is 29.9 Å². The van der Waals surface area contributed by atoms with Crippen LogP contribution in [0.4, 0.5) is 0 Å². The monoisotopic (exact) mass is 918 g/mol. The third-order valence-electron chi connectivity index (χ3n) is 13.5. The van der Waals surface area contributed by atoms with Crippen molar-refractivity contribution in [2.24, 2.45) is 29.1 Å². The Morgan fingerprint density at radius 3 is 1.94 bits per heavy atom. The molecule has 2 aromatic rings. The molecular formula is C54H87N5O7. The Morgan fingerprint density at radius 2 is 1.41 bits per heavy atom. The molecule has 0 bridgehead atoms. The molecule has 0 spiro atoms. The number of ketones is 1. The van der Waals surface area contributed by atoms with Crippen LogP contribution in [0.2, 0.25) is 0 Å². The van der Waals surface area contributed by atoms with Gasteiger partial charge in [0, 0.05) is 46.7 Å². The molecule has 0 aliphatic carbocycles. The van der Waals surface area contributed by atoms with Crippen LogP contribution in [-0.4, -0.2) is 128 Å². The van der Waals surface area contributed by atoms with E-state index in [0.29, 0.717) is 32.2 Å². The van der Waals surface area contributed by atoms with Crippen LogP contribution in [-0.2, 0) is 52.7 Å². The number of likely N-dealkylation sites (tertiary alicyclic amines) is 1. The third-order valence-corrected chi connectivity index (χ3v) is 13.5. The summed E-state index contributed by atoms with van der Waals surface area (Å²) in [7, 11) is 8.63. The first-order valence-electron chi connectivity index (χ1n) is 24.6. The number of Topliss-reactive ketones (excluding diaryl/α,β-unsaturated/α-hetero) is 1. The van der Waals surface area contributed by atoms with E-state index < -0.39 is 42.3 Å². The molecule has 0 radical (unpaired) electrons. The number of carbonyl (C=O) groups excluding carboxylic acids is 5.